The van der Waals surface area contributed by atoms with Gasteiger partial charge in [0.25, 0.3) is 0 Å². The Morgan fingerprint density at radius 3 is 2.14 bits per heavy atom. The second-order valence-electron chi connectivity index (χ2n) is 4.40. The first-order chi connectivity index (χ1) is 6.34. The Hall–Kier alpha value is -0.980. The fourth-order valence-electron chi connectivity index (χ4n) is 1.48. The van der Waals surface area contributed by atoms with Crippen molar-refractivity contribution in [1.29, 1.82) is 0 Å². The maximum Gasteiger partial charge on any atom is 0.120 e. The van der Waals surface area contributed by atoms with Crippen molar-refractivity contribution in [3.8, 4) is 0 Å². The summed E-state index contributed by atoms with van der Waals surface area (Å²) >= 11 is 0. The summed E-state index contributed by atoms with van der Waals surface area (Å²) < 4.78 is 0. The second kappa shape index (κ2) is 5.69. The first kappa shape index (κ1) is 13.0. The van der Waals surface area contributed by atoms with Crippen LogP contribution in [0.25, 0.3) is 0 Å². The first-order valence-electron chi connectivity index (χ1n) is 5.07. The summed E-state index contributed by atoms with van der Waals surface area (Å²) in [6.45, 7) is 13.9. The van der Waals surface area contributed by atoms with Crippen molar-refractivity contribution in [2.45, 2.75) is 41.0 Å². The molecule has 0 unspecified atom stereocenters. The van der Waals surface area contributed by atoms with Crippen LogP contribution in [0.4, 0.5) is 0 Å². The minimum absolute atomic E-state index is 0.313. The molecule has 0 aromatic rings. The van der Waals surface area contributed by atoms with Crippen molar-refractivity contribution in [3.63, 3.8) is 0 Å². The van der Waals surface area contributed by atoms with Gasteiger partial charge in [0.2, 0.25) is 0 Å². The van der Waals surface area contributed by atoms with Crippen molar-refractivity contribution in [3.05, 3.63) is 35.1 Å². The SMILES string of the molecule is C=C(C)/C(O)=C(C)\C=C(/C)CC(C)C. The average molecular weight is 194 g/mol. The Morgan fingerprint density at radius 2 is 1.79 bits per heavy atom. The molecule has 1 N–H and O–H groups in total. The van der Waals surface area contributed by atoms with E-state index in [0.717, 1.165) is 17.6 Å². The second-order valence-corrected chi connectivity index (χ2v) is 4.40. The van der Waals surface area contributed by atoms with Gasteiger partial charge in [0.1, 0.15) is 5.76 Å². The maximum atomic E-state index is 9.61. The molecule has 14 heavy (non-hydrogen) atoms. The molecule has 0 bridgehead atoms. The standard InChI is InChI=1S/C13H22O/c1-9(2)7-11(5)8-12(6)13(14)10(3)4/h8-9,14H,3,7H2,1-2,4-6H3/b11-8+,13-12+. The molecule has 0 aliphatic heterocycles. The van der Waals surface area contributed by atoms with E-state index in [9.17, 15) is 5.11 Å². The molecular formula is C13H22O. The number of hydrogen-bond acceptors (Lipinski definition) is 1. The average Bonchev–Trinajstić information content (AvgIpc) is 2.00. The normalized spacial score (nSPS) is 14.3. The monoisotopic (exact) mass is 194 g/mol. The van der Waals surface area contributed by atoms with E-state index >= 15 is 0 Å². The predicted octanol–water partition coefficient (Wildman–Crippen LogP) is 4.39. The number of hydrogen-bond donors (Lipinski definition) is 1. The molecule has 0 aromatic carbocycles. The lowest BCUT2D eigenvalue weighted by Gasteiger charge is -2.06. The fourth-order valence-corrected chi connectivity index (χ4v) is 1.48. The molecule has 0 rings (SSSR count). The number of aliphatic hydroxyl groups excluding tert-OH is 1. The molecule has 0 spiro atoms. The van der Waals surface area contributed by atoms with Crippen molar-refractivity contribution < 1.29 is 5.11 Å². The Kier molecular flexibility index (Phi) is 5.29. The van der Waals surface area contributed by atoms with Crippen LogP contribution in [0.1, 0.15) is 41.0 Å². The number of aliphatic hydroxyl groups is 1. The lowest BCUT2D eigenvalue weighted by molar-refractivity contribution is 0.419. The lowest BCUT2D eigenvalue weighted by Crippen LogP contribution is -1.91. The van der Waals surface area contributed by atoms with Crippen LogP contribution < -0.4 is 0 Å². The summed E-state index contributed by atoms with van der Waals surface area (Å²) in [4.78, 5) is 0. The minimum atomic E-state index is 0.313. The molecule has 0 fully saturated rings. The van der Waals surface area contributed by atoms with E-state index in [2.05, 4.69) is 27.4 Å². The third-order valence-electron chi connectivity index (χ3n) is 1.97. The highest BCUT2D eigenvalue weighted by molar-refractivity contribution is 5.32. The van der Waals surface area contributed by atoms with E-state index in [1.807, 2.05) is 19.9 Å². The van der Waals surface area contributed by atoms with Crippen molar-refractivity contribution in [2.75, 3.05) is 0 Å². The van der Waals surface area contributed by atoms with Crippen LogP contribution in [0.3, 0.4) is 0 Å². The van der Waals surface area contributed by atoms with Gasteiger partial charge in [-0.15, -0.1) is 0 Å². The van der Waals surface area contributed by atoms with Gasteiger partial charge in [0.05, 0.1) is 0 Å². The first-order valence-corrected chi connectivity index (χ1v) is 5.07. The van der Waals surface area contributed by atoms with Gasteiger partial charge in [0.15, 0.2) is 0 Å². The van der Waals surface area contributed by atoms with Crippen LogP contribution in [0.15, 0.2) is 35.1 Å². The predicted molar refractivity (Wildman–Crippen MR) is 63.4 cm³/mol. The molecule has 0 aliphatic rings. The molecule has 1 heteroatoms. The molecule has 0 atom stereocenters. The van der Waals surface area contributed by atoms with Crippen molar-refractivity contribution >= 4 is 0 Å². The highest BCUT2D eigenvalue weighted by Crippen LogP contribution is 2.16. The highest BCUT2D eigenvalue weighted by Gasteiger charge is 2.00. The van der Waals surface area contributed by atoms with Crippen LogP contribution in [-0.2, 0) is 0 Å². The fraction of sp³-hybridized carbons (Fsp3) is 0.538. The summed E-state index contributed by atoms with van der Waals surface area (Å²) in [5.41, 5.74) is 2.91. The third kappa shape index (κ3) is 4.90. The van der Waals surface area contributed by atoms with Gasteiger partial charge < -0.3 is 5.11 Å². The van der Waals surface area contributed by atoms with E-state index in [1.54, 1.807) is 0 Å². The molecule has 80 valence electrons. The van der Waals surface area contributed by atoms with E-state index < -0.39 is 0 Å². The summed E-state index contributed by atoms with van der Waals surface area (Å²) in [5, 5.41) is 9.61. The molecule has 0 saturated heterocycles. The third-order valence-corrected chi connectivity index (χ3v) is 1.97. The molecular weight excluding hydrogens is 172 g/mol. The van der Waals surface area contributed by atoms with Gasteiger partial charge in [-0.05, 0) is 44.3 Å². The molecule has 0 aliphatic carbocycles. The van der Waals surface area contributed by atoms with E-state index in [4.69, 9.17) is 0 Å². The van der Waals surface area contributed by atoms with Gasteiger partial charge in [-0.25, -0.2) is 0 Å². The molecule has 0 radical (unpaired) electrons. The Labute approximate surface area is 87.8 Å². The Morgan fingerprint density at radius 1 is 1.29 bits per heavy atom. The van der Waals surface area contributed by atoms with Gasteiger partial charge in [0, 0.05) is 0 Å². The van der Waals surface area contributed by atoms with Crippen LogP contribution in [0, 0.1) is 5.92 Å². The minimum Gasteiger partial charge on any atom is -0.507 e. The van der Waals surface area contributed by atoms with E-state index in [-0.39, 0.29) is 0 Å². The quantitative estimate of drug-likeness (QED) is 0.520. The molecule has 1 nitrogen and oxygen atoms in total. The Bertz CT molecular complexity index is 267. The van der Waals surface area contributed by atoms with Crippen LogP contribution >= 0.6 is 0 Å². The van der Waals surface area contributed by atoms with Gasteiger partial charge >= 0.3 is 0 Å². The van der Waals surface area contributed by atoms with Crippen LogP contribution in [-0.4, -0.2) is 5.11 Å². The van der Waals surface area contributed by atoms with Gasteiger partial charge in [-0.3, -0.25) is 0 Å². The summed E-state index contributed by atoms with van der Waals surface area (Å²) in [6, 6.07) is 0. The zero-order valence-corrected chi connectivity index (χ0v) is 10.0. The molecule has 0 heterocycles. The molecule has 0 saturated carbocycles. The molecule has 0 aromatic heterocycles. The number of allylic oxidation sites excluding steroid dienone is 4. The Balaban J connectivity index is 4.64. The zero-order valence-electron chi connectivity index (χ0n) is 10.0. The summed E-state index contributed by atoms with van der Waals surface area (Å²) in [5.74, 6) is 0.971. The summed E-state index contributed by atoms with van der Waals surface area (Å²) in [6.07, 6.45) is 3.10. The van der Waals surface area contributed by atoms with Crippen molar-refractivity contribution in [2.24, 2.45) is 5.92 Å². The van der Waals surface area contributed by atoms with Crippen LogP contribution in [0.5, 0.6) is 0 Å². The van der Waals surface area contributed by atoms with Gasteiger partial charge in [-0.1, -0.05) is 32.1 Å². The van der Waals surface area contributed by atoms with E-state index in [1.165, 1.54) is 5.57 Å². The van der Waals surface area contributed by atoms with Crippen LogP contribution in [0.2, 0.25) is 0 Å². The van der Waals surface area contributed by atoms with E-state index in [0.29, 0.717) is 11.7 Å². The lowest BCUT2D eigenvalue weighted by atomic mass is 10.0. The maximum absolute atomic E-state index is 9.61. The largest absolute Gasteiger partial charge is 0.507 e. The molecule has 0 amide bonds. The topological polar surface area (TPSA) is 20.2 Å². The highest BCUT2D eigenvalue weighted by atomic mass is 16.3. The zero-order chi connectivity index (χ0) is 11.3. The number of rotatable bonds is 4. The smallest absolute Gasteiger partial charge is 0.120 e. The summed E-state index contributed by atoms with van der Waals surface area (Å²) in [7, 11) is 0. The van der Waals surface area contributed by atoms with Crippen molar-refractivity contribution in [1.82, 2.24) is 0 Å². The van der Waals surface area contributed by atoms with Gasteiger partial charge in [-0.2, -0.15) is 0 Å².